The van der Waals surface area contributed by atoms with Gasteiger partial charge in [-0.25, -0.2) is 8.42 Å². The second-order valence-electron chi connectivity index (χ2n) is 5.99. The smallest absolute Gasteiger partial charge is 0.243 e. The van der Waals surface area contributed by atoms with Crippen LogP contribution in [-0.4, -0.2) is 29.0 Å². The van der Waals surface area contributed by atoms with Crippen LogP contribution in [0.25, 0.3) is 0 Å². The first-order valence-corrected chi connectivity index (χ1v) is 8.83. The van der Waals surface area contributed by atoms with Gasteiger partial charge in [0.15, 0.2) is 0 Å². The van der Waals surface area contributed by atoms with E-state index in [-0.39, 0.29) is 0 Å². The molecular formula is C16H21N3O2S. The van der Waals surface area contributed by atoms with E-state index in [4.69, 9.17) is 0 Å². The molecule has 1 aliphatic heterocycles. The lowest BCUT2D eigenvalue weighted by atomic mass is 10.1. The van der Waals surface area contributed by atoms with Crippen LogP contribution < -0.4 is 0 Å². The zero-order chi connectivity index (χ0) is 16.1. The number of hydrogen-bond acceptors (Lipinski definition) is 3. The standard InChI is InChI=1S/C16H21N3O2S/c1-11-5-6-16(12(2)9-11)22(20,21)19-8-7-14-13(3)17-18(4)15(14)10-19/h5-6,9H,7-8,10H2,1-4H3. The van der Waals surface area contributed by atoms with Gasteiger partial charge in [0, 0.05) is 13.6 Å². The molecule has 0 spiro atoms. The van der Waals surface area contributed by atoms with E-state index in [0.29, 0.717) is 18.0 Å². The van der Waals surface area contributed by atoms with Gasteiger partial charge in [0.1, 0.15) is 0 Å². The Balaban J connectivity index is 1.99. The summed E-state index contributed by atoms with van der Waals surface area (Å²) in [6, 6.07) is 5.48. The maximum absolute atomic E-state index is 12.9. The van der Waals surface area contributed by atoms with Crippen molar-refractivity contribution in [1.82, 2.24) is 14.1 Å². The van der Waals surface area contributed by atoms with Crippen LogP contribution >= 0.6 is 0 Å². The minimum absolute atomic E-state index is 0.391. The summed E-state index contributed by atoms with van der Waals surface area (Å²) in [6.07, 6.45) is 0.721. The number of aryl methyl sites for hydroxylation is 4. The molecule has 5 nitrogen and oxygen atoms in total. The average molecular weight is 319 g/mol. The fourth-order valence-electron chi connectivity index (χ4n) is 3.19. The first-order chi connectivity index (χ1) is 10.3. The molecule has 0 amide bonds. The molecule has 1 aromatic carbocycles. The number of fused-ring (bicyclic) bond motifs is 1. The van der Waals surface area contributed by atoms with Gasteiger partial charge in [0.25, 0.3) is 0 Å². The summed E-state index contributed by atoms with van der Waals surface area (Å²) in [6.45, 7) is 6.70. The highest BCUT2D eigenvalue weighted by Crippen LogP contribution is 2.28. The van der Waals surface area contributed by atoms with E-state index in [9.17, 15) is 8.42 Å². The second kappa shape index (κ2) is 5.21. The number of aromatic nitrogens is 2. The van der Waals surface area contributed by atoms with Crippen molar-refractivity contribution in [3.63, 3.8) is 0 Å². The van der Waals surface area contributed by atoms with Crippen molar-refractivity contribution in [3.8, 4) is 0 Å². The third kappa shape index (κ3) is 2.36. The van der Waals surface area contributed by atoms with E-state index in [1.54, 1.807) is 15.1 Å². The summed E-state index contributed by atoms with van der Waals surface area (Å²) in [5, 5.41) is 4.41. The molecule has 1 aromatic heterocycles. The van der Waals surface area contributed by atoms with Crippen LogP contribution in [-0.2, 0) is 30.0 Å². The molecule has 0 saturated heterocycles. The molecule has 0 atom stereocenters. The summed E-state index contributed by atoms with van der Waals surface area (Å²) in [5.74, 6) is 0. The maximum atomic E-state index is 12.9. The Morgan fingerprint density at radius 2 is 1.91 bits per heavy atom. The molecule has 118 valence electrons. The quantitative estimate of drug-likeness (QED) is 0.852. The molecule has 0 radical (unpaired) electrons. The van der Waals surface area contributed by atoms with E-state index < -0.39 is 10.0 Å². The van der Waals surface area contributed by atoms with Gasteiger partial charge in [-0.2, -0.15) is 9.40 Å². The fraction of sp³-hybridized carbons (Fsp3) is 0.438. The molecule has 22 heavy (non-hydrogen) atoms. The summed E-state index contributed by atoms with van der Waals surface area (Å²) in [7, 11) is -1.59. The summed E-state index contributed by atoms with van der Waals surface area (Å²) < 4.78 is 29.3. The lowest BCUT2D eigenvalue weighted by Gasteiger charge is -2.27. The van der Waals surface area contributed by atoms with Gasteiger partial charge in [0.2, 0.25) is 10.0 Å². The molecule has 0 saturated carbocycles. The second-order valence-corrected chi connectivity index (χ2v) is 7.90. The van der Waals surface area contributed by atoms with Crippen molar-refractivity contribution in [2.24, 2.45) is 7.05 Å². The van der Waals surface area contributed by atoms with Crippen molar-refractivity contribution in [3.05, 3.63) is 46.3 Å². The van der Waals surface area contributed by atoms with Crippen LogP contribution in [0.1, 0.15) is 28.1 Å². The normalized spacial score (nSPS) is 15.8. The lowest BCUT2D eigenvalue weighted by molar-refractivity contribution is 0.379. The van der Waals surface area contributed by atoms with Crippen molar-refractivity contribution < 1.29 is 8.42 Å². The van der Waals surface area contributed by atoms with Crippen LogP contribution in [0.4, 0.5) is 0 Å². The third-order valence-corrected chi connectivity index (χ3v) is 6.37. The first kappa shape index (κ1) is 15.2. The molecule has 0 bridgehead atoms. The zero-order valence-corrected chi connectivity index (χ0v) is 14.2. The van der Waals surface area contributed by atoms with Crippen LogP contribution in [0.5, 0.6) is 0 Å². The van der Waals surface area contributed by atoms with Crippen LogP contribution in [0.2, 0.25) is 0 Å². The predicted molar refractivity (Wildman–Crippen MR) is 85.2 cm³/mol. The Hall–Kier alpha value is -1.66. The molecule has 1 aliphatic rings. The van der Waals surface area contributed by atoms with Crippen LogP contribution in [0.3, 0.4) is 0 Å². The highest BCUT2D eigenvalue weighted by Gasteiger charge is 2.31. The molecular weight excluding hydrogens is 298 g/mol. The van der Waals surface area contributed by atoms with Crippen LogP contribution in [0, 0.1) is 20.8 Å². The van der Waals surface area contributed by atoms with Gasteiger partial charge < -0.3 is 0 Å². The lowest BCUT2D eigenvalue weighted by Crippen LogP contribution is -2.37. The minimum Gasteiger partial charge on any atom is -0.271 e. The van der Waals surface area contributed by atoms with E-state index in [2.05, 4.69) is 5.10 Å². The Morgan fingerprint density at radius 1 is 1.18 bits per heavy atom. The average Bonchev–Trinajstić information content (AvgIpc) is 2.73. The molecule has 3 rings (SSSR count). The van der Waals surface area contributed by atoms with Gasteiger partial charge in [-0.1, -0.05) is 17.7 Å². The monoisotopic (exact) mass is 319 g/mol. The number of nitrogens with zero attached hydrogens (tertiary/aromatic N) is 3. The van der Waals surface area contributed by atoms with Crippen molar-refractivity contribution >= 4 is 10.0 Å². The molecule has 0 N–H and O–H groups in total. The maximum Gasteiger partial charge on any atom is 0.243 e. The summed E-state index contributed by atoms with van der Waals surface area (Å²) in [5.41, 5.74) is 5.05. The Bertz CT molecular complexity index is 837. The summed E-state index contributed by atoms with van der Waals surface area (Å²) in [4.78, 5) is 0.403. The van der Waals surface area contributed by atoms with E-state index >= 15 is 0 Å². The number of rotatable bonds is 2. The molecule has 0 aliphatic carbocycles. The highest BCUT2D eigenvalue weighted by molar-refractivity contribution is 7.89. The predicted octanol–water partition coefficient (Wildman–Crippen LogP) is 2.09. The Labute approximate surface area is 131 Å². The largest absolute Gasteiger partial charge is 0.271 e. The van der Waals surface area contributed by atoms with Crippen LogP contribution in [0.15, 0.2) is 23.1 Å². The van der Waals surface area contributed by atoms with Gasteiger partial charge in [0.05, 0.1) is 22.8 Å². The molecule has 6 heteroatoms. The number of hydrogen-bond donors (Lipinski definition) is 0. The van der Waals surface area contributed by atoms with Crippen molar-refractivity contribution in [2.75, 3.05) is 6.54 Å². The molecule has 0 unspecified atom stereocenters. The highest BCUT2D eigenvalue weighted by atomic mass is 32.2. The summed E-state index contributed by atoms with van der Waals surface area (Å²) >= 11 is 0. The number of sulfonamides is 1. The zero-order valence-electron chi connectivity index (χ0n) is 13.4. The molecule has 0 fully saturated rings. The van der Waals surface area contributed by atoms with Gasteiger partial charge in [-0.15, -0.1) is 0 Å². The SMILES string of the molecule is Cc1ccc(S(=O)(=O)N2CCc3c(C)nn(C)c3C2)c(C)c1. The third-order valence-electron chi connectivity index (χ3n) is 4.36. The van der Waals surface area contributed by atoms with Gasteiger partial charge in [-0.3, -0.25) is 4.68 Å². The van der Waals surface area contributed by atoms with E-state index in [1.807, 2.05) is 40.0 Å². The van der Waals surface area contributed by atoms with Gasteiger partial charge >= 0.3 is 0 Å². The van der Waals surface area contributed by atoms with Gasteiger partial charge in [-0.05, 0) is 44.4 Å². The van der Waals surface area contributed by atoms with Crippen molar-refractivity contribution in [1.29, 1.82) is 0 Å². The Kier molecular flexibility index (Phi) is 3.61. The molecule has 2 aromatic rings. The number of benzene rings is 1. The molecule has 2 heterocycles. The first-order valence-electron chi connectivity index (χ1n) is 7.39. The van der Waals surface area contributed by atoms with E-state index in [1.165, 1.54) is 5.56 Å². The fourth-order valence-corrected chi connectivity index (χ4v) is 4.80. The Morgan fingerprint density at radius 3 is 2.59 bits per heavy atom. The van der Waals surface area contributed by atoms with E-state index in [0.717, 1.165) is 28.9 Å². The topological polar surface area (TPSA) is 55.2 Å². The van der Waals surface area contributed by atoms with Crippen molar-refractivity contribution in [2.45, 2.75) is 38.6 Å². The minimum atomic E-state index is -3.47.